The predicted octanol–water partition coefficient (Wildman–Crippen LogP) is 3.60. The van der Waals surface area contributed by atoms with Gasteiger partial charge in [0.2, 0.25) is 0 Å². The molecule has 0 aliphatic carbocycles. The summed E-state index contributed by atoms with van der Waals surface area (Å²) in [6, 6.07) is 6.90. The Bertz CT molecular complexity index is 415. The molecular weight excluding hydrogens is 246 g/mol. The molecule has 3 heteroatoms. The molecule has 0 unspecified atom stereocenters. The van der Waals surface area contributed by atoms with Crippen LogP contribution in [-0.2, 0) is 19.4 Å². The molecule has 0 bridgehead atoms. The molecule has 0 fully saturated rings. The van der Waals surface area contributed by atoms with Gasteiger partial charge in [-0.15, -0.1) is 12.6 Å². The summed E-state index contributed by atoms with van der Waals surface area (Å²) in [7, 11) is 0. The van der Waals surface area contributed by atoms with Gasteiger partial charge >= 0.3 is 0 Å². The molecule has 1 nitrogen and oxygen atoms in total. The van der Waals surface area contributed by atoms with Crippen LogP contribution < -0.4 is 0 Å². The van der Waals surface area contributed by atoms with Crippen LogP contribution >= 0.6 is 24.8 Å². The van der Waals surface area contributed by atoms with Crippen molar-refractivity contribution in [3.63, 3.8) is 0 Å². The highest BCUT2D eigenvalue weighted by molar-refractivity contribution is 8.10. The number of hydrogen-bond donors (Lipinski definition) is 1. The third kappa shape index (κ3) is 3.23. The van der Waals surface area contributed by atoms with Gasteiger partial charge in [0, 0.05) is 13.1 Å². The summed E-state index contributed by atoms with van der Waals surface area (Å²) in [5.41, 5.74) is 4.39. The topological polar surface area (TPSA) is 3.24 Å². The molecule has 0 spiro atoms. The van der Waals surface area contributed by atoms with Crippen LogP contribution in [0.3, 0.4) is 0 Å². The lowest BCUT2D eigenvalue weighted by molar-refractivity contribution is 0.407. The molecular formula is C14H19NS2. The second kappa shape index (κ2) is 5.87. The molecule has 0 atom stereocenters. The Morgan fingerprint density at radius 1 is 1.41 bits per heavy atom. The van der Waals surface area contributed by atoms with E-state index in [1.54, 1.807) is 0 Å². The number of fused-ring (bicyclic) bond motifs is 1. The van der Waals surface area contributed by atoms with E-state index in [2.05, 4.69) is 42.7 Å². The zero-order chi connectivity index (χ0) is 12.3. The Labute approximate surface area is 115 Å². The van der Waals surface area contributed by atoms with E-state index in [1.165, 1.54) is 36.0 Å². The molecule has 0 aromatic heterocycles. The summed E-state index contributed by atoms with van der Waals surface area (Å²) in [6.45, 7) is 4.17. The van der Waals surface area contributed by atoms with Crippen molar-refractivity contribution in [1.29, 1.82) is 0 Å². The highest BCUT2D eigenvalue weighted by atomic mass is 32.1. The summed E-state index contributed by atoms with van der Waals surface area (Å²) in [4.78, 5) is 2.16. The molecule has 1 aromatic rings. The zero-order valence-electron chi connectivity index (χ0n) is 10.3. The molecule has 17 heavy (non-hydrogen) atoms. The maximum absolute atomic E-state index is 5.12. The van der Waals surface area contributed by atoms with E-state index < -0.39 is 0 Å². The molecule has 0 saturated carbocycles. The Balaban J connectivity index is 2.11. The minimum absolute atomic E-state index is 0.714. The minimum atomic E-state index is 0.714. The normalized spacial score (nSPS) is 14.6. The van der Waals surface area contributed by atoms with Gasteiger partial charge in [0.05, 0.1) is 0 Å². The molecule has 92 valence electrons. The van der Waals surface area contributed by atoms with Crippen LogP contribution in [0.15, 0.2) is 18.2 Å². The van der Waals surface area contributed by atoms with Crippen molar-refractivity contribution in [3.05, 3.63) is 34.9 Å². The summed E-state index contributed by atoms with van der Waals surface area (Å²) < 4.78 is 0.714. The maximum atomic E-state index is 5.12. The number of aryl methyl sites for hydroxylation is 1. The number of unbranched alkanes of at least 4 members (excludes halogenated alkanes) is 1. The number of benzene rings is 1. The van der Waals surface area contributed by atoms with Crippen LogP contribution in [0.5, 0.6) is 0 Å². The van der Waals surface area contributed by atoms with Gasteiger partial charge in [-0.1, -0.05) is 43.8 Å². The maximum Gasteiger partial charge on any atom is 0.133 e. The van der Waals surface area contributed by atoms with Crippen LogP contribution in [0.4, 0.5) is 0 Å². The van der Waals surface area contributed by atoms with Gasteiger partial charge in [0.1, 0.15) is 4.32 Å². The standard InChI is InChI=1S/C14H19NS2/c1-2-3-4-11-5-6-13-10-15(14(16)17)8-7-12(13)9-11/h5-6,9H,2-4,7-8,10H2,1H3,(H,16,17). The molecule has 1 heterocycles. The summed E-state index contributed by atoms with van der Waals surface area (Å²) in [6.07, 6.45) is 4.85. The van der Waals surface area contributed by atoms with Gasteiger partial charge in [0.25, 0.3) is 0 Å². The first kappa shape index (κ1) is 12.9. The largest absolute Gasteiger partial charge is 0.353 e. The van der Waals surface area contributed by atoms with Crippen molar-refractivity contribution in [2.75, 3.05) is 6.54 Å². The lowest BCUT2D eigenvalue weighted by atomic mass is 9.96. The number of thiol groups is 1. The number of rotatable bonds is 3. The van der Waals surface area contributed by atoms with Gasteiger partial charge in [-0.05, 0) is 36.0 Å². The SMILES string of the molecule is CCCCc1ccc2c(c1)CCN(C(=S)S)C2. The summed E-state index contributed by atoms with van der Waals surface area (Å²) in [5, 5.41) is 0. The van der Waals surface area contributed by atoms with Gasteiger partial charge in [-0.2, -0.15) is 0 Å². The minimum Gasteiger partial charge on any atom is -0.353 e. The van der Waals surface area contributed by atoms with Gasteiger partial charge in [-0.3, -0.25) is 0 Å². The highest BCUT2D eigenvalue weighted by Gasteiger charge is 2.16. The zero-order valence-corrected chi connectivity index (χ0v) is 12.0. The molecule has 0 saturated heterocycles. The highest BCUT2D eigenvalue weighted by Crippen LogP contribution is 2.22. The fourth-order valence-electron chi connectivity index (χ4n) is 2.31. The van der Waals surface area contributed by atoms with E-state index in [0.29, 0.717) is 4.32 Å². The van der Waals surface area contributed by atoms with E-state index in [4.69, 9.17) is 12.2 Å². The van der Waals surface area contributed by atoms with E-state index in [9.17, 15) is 0 Å². The number of thiocarbonyl (C=S) groups is 1. The molecule has 0 amide bonds. The quantitative estimate of drug-likeness (QED) is 0.657. The van der Waals surface area contributed by atoms with Crippen LogP contribution in [0, 0.1) is 0 Å². The monoisotopic (exact) mass is 265 g/mol. The van der Waals surface area contributed by atoms with Gasteiger partial charge in [0.15, 0.2) is 0 Å². The molecule has 2 rings (SSSR count). The predicted molar refractivity (Wildman–Crippen MR) is 80.8 cm³/mol. The van der Waals surface area contributed by atoms with Crippen molar-refractivity contribution in [2.24, 2.45) is 0 Å². The Kier molecular flexibility index (Phi) is 4.46. The van der Waals surface area contributed by atoms with E-state index in [0.717, 1.165) is 19.5 Å². The molecule has 0 N–H and O–H groups in total. The van der Waals surface area contributed by atoms with E-state index >= 15 is 0 Å². The van der Waals surface area contributed by atoms with Crippen molar-refractivity contribution < 1.29 is 0 Å². The van der Waals surface area contributed by atoms with Crippen molar-refractivity contribution in [3.8, 4) is 0 Å². The average molecular weight is 265 g/mol. The fourth-order valence-corrected chi connectivity index (χ4v) is 2.63. The van der Waals surface area contributed by atoms with Crippen LogP contribution in [0.2, 0.25) is 0 Å². The lowest BCUT2D eigenvalue weighted by Gasteiger charge is -2.29. The Morgan fingerprint density at radius 3 is 2.94 bits per heavy atom. The van der Waals surface area contributed by atoms with Crippen molar-refractivity contribution >= 4 is 29.2 Å². The lowest BCUT2D eigenvalue weighted by Crippen LogP contribution is -2.32. The molecule has 1 aromatic carbocycles. The first-order valence-corrected chi connectivity index (χ1v) is 7.15. The first-order valence-electron chi connectivity index (χ1n) is 6.29. The average Bonchev–Trinajstić information content (AvgIpc) is 2.35. The van der Waals surface area contributed by atoms with E-state index in [1.807, 2.05) is 0 Å². The van der Waals surface area contributed by atoms with Crippen LogP contribution in [-0.4, -0.2) is 15.8 Å². The number of hydrogen-bond acceptors (Lipinski definition) is 1. The smallest absolute Gasteiger partial charge is 0.133 e. The van der Waals surface area contributed by atoms with Gasteiger partial charge < -0.3 is 4.90 Å². The van der Waals surface area contributed by atoms with Crippen LogP contribution in [0.1, 0.15) is 36.5 Å². The second-order valence-corrected chi connectivity index (χ2v) is 5.77. The fraction of sp³-hybridized carbons (Fsp3) is 0.500. The Hall–Kier alpha value is -0.540. The van der Waals surface area contributed by atoms with Crippen molar-refractivity contribution in [2.45, 2.75) is 39.2 Å². The third-order valence-corrected chi connectivity index (χ3v) is 3.91. The second-order valence-electron chi connectivity index (χ2n) is 4.66. The van der Waals surface area contributed by atoms with E-state index in [-0.39, 0.29) is 0 Å². The molecule has 1 aliphatic heterocycles. The first-order chi connectivity index (χ1) is 8.20. The summed E-state index contributed by atoms with van der Waals surface area (Å²) >= 11 is 9.37. The van der Waals surface area contributed by atoms with Crippen molar-refractivity contribution in [1.82, 2.24) is 4.90 Å². The Morgan fingerprint density at radius 2 is 2.24 bits per heavy atom. The molecule has 0 radical (unpaired) electrons. The number of nitrogens with zero attached hydrogens (tertiary/aromatic N) is 1. The summed E-state index contributed by atoms with van der Waals surface area (Å²) in [5.74, 6) is 0. The van der Waals surface area contributed by atoms with Gasteiger partial charge in [-0.25, -0.2) is 0 Å². The third-order valence-electron chi connectivity index (χ3n) is 3.37. The molecule has 1 aliphatic rings. The van der Waals surface area contributed by atoms with Crippen LogP contribution in [0.25, 0.3) is 0 Å².